The van der Waals surface area contributed by atoms with Gasteiger partial charge in [0.15, 0.2) is 0 Å². The van der Waals surface area contributed by atoms with Gasteiger partial charge >= 0.3 is 12.0 Å². The fraction of sp³-hybridized carbons (Fsp3) is 0.227. The molecule has 1 heterocycles. The Balaban J connectivity index is 1.64. The van der Waals surface area contributed by atoms with Crippen molar-refractivity contribution in [1.29, 1.82) is 0 Å². The maximum absolute atomic E-state index is 12.3. The number of amides is 2. The lowest BCUT2D eigenvalue weighted by molar-refractivity contribution is 0.0602. The third kappa shape index (κ3) is 4.96. The first-order valence-electron chi connectivity index (χ1n) is 9.43. The fourth-order valence-corrected chi connectivity index (χ4v) is 2.79. The van der Waals surface area contributed by atoms with Gasteiger partial charge in [0.2, 0.25) is 5.89 Å². The van der Waals surface area contributed by atoms with E-state index >= 15 is 0 Å². The number of esters is 1. The Labute approximate surface area is 174 Å². The van der Waals surface area contributed by atoms with Crippen LogP contribution in [0.5, 0.6) is 5.75 Å². The van der Waals surface area contributed by atoms with Gasteiger partial charge in [-0.3, -0.25) is 0 Å². The quantitative estimate of drug-likeness (QED) is 0.568. The van der Waals surface area contributed by atoms with Crippen LogP contribution in [0.4, 0.5) is 10.5 Å². The highest BCUT2D eigenvalue weighted by Gasteiger charge is 2.15. The largest absolute Gasteiger partial charge is 0.494 e. The highest BCUT2D eigenvalue weighted by molar-refractivity contribution is 6.00. The number of aromatic nitrogens is 1. The monoisotopic (exact) mass is 409 g/mol. The lowest BCUT2D eigenvalue weighted by Gasteiger charge is -2.10. The molecule has 30 heavy (non-hydrogen) atoms. The number of nitrogens with zero attached hydrogens (tertiary/aromatic N) is 1. The van der Waals surface area contributed by atoms with Crippen LogP contribution in [0.15, 0.2) is 52.9 Å². The van der Waals surface area contributed by atoms with Crippen LogP contribution < -0.4 is 15.4 Å². The van der Waals surface area contributed by atoms with Gasteiger partial charge in [0.05, 0.1) is 31.5 Å². The van der Waals surface area contributed by atoms with Crippen LogP contribution in [0.25, 0.3) is 11.5 Å². The Hall–Kier alpha value is -3.81. The van der Waals surface area contributed by atoms with E-state index in [1.165, 1.54) is 7.11 Å². The van der Waals surface area contributed by atoms with Crippen molar-refractivity contribution in [3.63, 3.8) is 0 Å². The molecule has 0 aliphatic rings. The maximum Gasteiger partial charge on any atom is 0.339 e. The molecule has 156 valence electrons. The van der Waals surface area contributed by atoms with E-state index in [9.17, 15) is 9.59 Å². The maximum atomic E-state index is 12.3. The molecular formula is C22H23N3O5. The van der Waals surface area contributed by atoms with Gasteiger partial charge in [-0.2, -0.15) is 0 Å². The standard InChI is InChI=1S/C22H23N3O5/c1-4-29-16-11-9-15(10-12-16)20-24-19(14(2)30-20)13-23-22(27)25-18-8-6-5-7-17(18)21(26)28-3/h5-12H,4,13H2,1-3H3,(H2,23,25,27). The average Bonchev–Trinajstić information content (AvgIpc) is 3.13. The van der Waals surface area contributed by atoms with Gasteiger partial charge in [-0.1, -0.05) is 12.1 Å². The molecule has 0 saturated carbocycles. The molecule has 0 unspecified atom stereocenters. The van der Waals surface area contributed by atoms with Gasteiger partial charge in [0.1, 0.15) is 17.2 Å². The third-order valence-corrected chi connectivity index (χ3v) is 4.30. The molecule has 1 aromatic heterocycles. The van der Waals surface area contributed by atoms with Crippen molar-refractivity contribution in [3.8, 4) is 17.2 Å². The summed E-state index contributed by atoms with van der Waals surface area (Å²) in [7, 11) is 1.29. The summed E-state index contributed by atoms with van der Waals surface area (Å²) in [5, 5.41) is 5.37. The Bertz CT molecular complexity index is 1030. The molecule has 0 spiro atoms. The molecule has 0 aliphatic carbocycles. The minimum atomic E-state index is -0.529. The first-order chi connectivity index (χ1) is 14.5. The molecular weight excluding hydrogens is 386 g/mol. The number of carbonyl (C=O) groups is 2. The Morgan fingerprint density at radius 2 is 1.83 bits per heavy atom. The number of anilines is 1. The Morgan fingerprint density at radius 1 is 1.10 bits per heavy atom. The van der Waals surface area contributed by atoms with Crippen LogP contribution in [0, 0.1) is 6.92 Å². The molecule has 0 atom stereocenters. The van der Waals surface area contributed by atoms with E-state index in [1.54, 1.807) is 31.2 Å². The number of methoxy groups -OCH3 is 1. The molecule has 3 rings (SSSR count). The van der Waals surface area contributed by atoms with Crippen molar-refractivity contribution < 1.29 is 23.5 Å². The van der Waals surface area contributed by atoms with E-state index in [1.807, 2.05) is 31.2 Å². The number of nitrogens with one attached hydrogen (secondary N) is 2. The number of benzene rings is 2. The first-order valence-corrected chi connectivity index (χ1v) is 9.43. The van der Waals surface area contributed by atoms with Crippen molar-refractivity contribution in [2.75, 3.05) is 19.0 Å². The number of aryl methyl sites for hydroxylation is 1. The second-order valence-electron chi connectivity index (χ2n) is 6.32. The Kier molecular flexibility index (Phi) is 6.69. The van der Waals surface area contributed by atoms with Crippen LogP contribution in [-0.2, 0) is 11.3 Å². The SMILES string of the molecule is CCOc1ccc(-c2nc(CNC(=O)Nc3ccccc3C(=O)OC)c(C)o2)cc1. The van der Waals surface area contributed by atoms with Crippen molar-refractivity contribution >= 4 is 17.7 Å². The summed E-state index contributed by atoms with van der Waals surface area (Å²) in [6, 6.07) is 13.6. The van der Waals surface area contributed by atoms with Gasteiger partial charge in [0, 0.05) is 5.56 Å². The van der Waals surface area contributed by atoms with Crippen molar-refractivity contribution in [1.82, 2.24) is 10.3 Å². The molecule has 8 heteroatoms. The van der Waals surface area contributed by atoms with Crippen LogP contribution in [0.3, 0.4) is 0 Å². The predicted molar refractivity (Wildman–Crippen MR) is 111 cm³/mol. The van der Waals surface area contributed by atoms with Crippen LogP contribution in [0.2, 0.25) is 0 Å². The summed E-state index contributed by atoms with van der Waals surface area (Å²) in [4.78, 5) is 28.6. The molecule has 0 aliphatic heterocycles. The average molecular weight is 409 g/mol. The summed E-state index contributed by atoms with van der Waals surface area (Å²) in [5.74, 6) is 1.31. The number of hydrogen-bond donors (Lipinski definition) is 2. The van der Waals surface area contributed by atoms with E-state index in [0.717, 1.165) is 11.3 Å². The molecule has 0 radical (unpaired) electrons. The number of rotatable bonds is 7. The highest BCUT2D eigenvalue weighted by Crippen LogP contribution is 2.24. The number of urea groups is 1. The smallest absolute Gasteiger partial charge is 0.339 e. The number of para-hydroxylation sites is 1. The molecule has 2 amide bonds. The van der Waals surface area contributed by atoms with Crippen molar-refractivity contribution in [3.05, 3.63) is 65.5 Å². The lowest BCUT2D eigenvalue weighted by atomic mass is 10.2. The normalized spacial score (nSPS) is 10.4. The van der Waals surface area contributed by atoms with Crippen LogP contribution in [0.1, 0.15) is 28.7 Å². The van der Waals surface area contributed by atoms with Crippen molar-refractivity contribution in [2.45, 2.75) is 20.4 Å². The lowest BCUT2D eigenvalue weighted by Crippen LogP contribution is -2.29. The minimum absolute atomic E-state index is 0.165. The molecule has 2 aromatic carbocycles. The van der Waals surface area contributed by atoms with E-state index in [4.69, 9.17) is 13.9 Å². The zero-order valence-electron chi connectivity index (χ0n) is 17.0. The number of carbonyl (C=O) groups excluding carboxylic acids is 2. The topological polar surface area (TPSA) is 103 Å². The molecule has 0 saturated heterocycles. The zero-order chi connectivity index (χ0) is 21.5. The summed E-state index contributed by atoms with van der Waals surface area (Å²) in [6.45, 7) is 4.47. The van der Waals surface area contributed by atoms with Gasteiger partial charge in [0.25, 0.3) is 0 Å². The summed E-state index contributed by atoms with van der Waals surface area (Å²) < 4.78 is 15.9. The van der Waals surface area contributed by atoms with Gasteiger partial charge < -0.3 is 24.5 Å². The van der Waals surface area contributed by atoms with Crippen LogP contribution in [-0.4, -0.2) is 30.7 Å². The van der Waals surface area contributed by atoms with Gasteiger partial charge in [-0.25, -0.2) is 14.6 Å². The van der Waals surface area contributed by atoms with E-state index in [2.05, 4.69) is 15.6 Å². The van der Waals surface area contributed by atoms with Gasteiger partial charge in [-0.05, 0) is 50.2 Å². The number of oxazole rings is 1. The van der Waals surface area contributed by atoms with E-state index in [0.29, 0.717) is 29.6 Å². The summed E-state index contributed by atoms with van der Waals surface area (Å²) in [5.41, 5.74) is 2.04. The third-order valence-electron chi connectivity index (χ3n) is 4.30. The van der Waals surface area contributed by atoms with E-state index in [-0.39, 0.29) is 12.1 Å². The zero-order valence-corrected chi connectivity index (χ0v) is 17.0. The molecule has 0 bridgehead atoms. The van der Waals surface area contributed by atoms with Crippen LogP contribution >= 0.6 is 0 Å². The second-order valence-corrected chi connectivity index (χ2v) is 6.32. The Morgan fingerprint density at radius 3 is 2.53 bits per heavy atom. The molecule has 0 fully saturated rings. The number of ether oxygens (including phenoxy) is 2. The predicted octanol–water partition coefficient (Wildman–Crippen LogP) is 4.16. The second kappa shape index (κ2) is 9.60. The number of hydrogen-bond acceptors (Lipinski definition) is 6. The first kappa shape index (κ1) is 20.9. The van der Waals surface area contributed by atoms with Crippen molar-refractivity contribution in [2.24, 2.45) is 0 Å². The minimum Gasteiger partial charge on any atom is -0.494 e. The highest BCUT2D eigenvalue weighted by atomic mass is 16.5. The summed E-state index contributed by atoms with van der Waals surface area (Å²) >= 11 is 0. The summed E-state index contributed by atoms with van der Waals surface area (Å²) in [6.07, 6.45) is 0. The fourth-order valence-electron chi connectivity index (χ4n) is 2.79. The molecule has 2 N–H and O–H groups in total. The molecule has 3 aromatic rings. The van der Waals surface area contributed by atoms with Gasteiger partial charge in [-0.15, -0.1) is 0 Å². The van der Waals surface area contributed by atoms with E-state index < -0.39 is 12.0 Å². The molecule has 8 nitrogen and oxygen atoms in total.